The molecule has 0 radical (unpaired) electrons. The van der Waals surface area contributed by atoms with Crippen molar-refractivity contribution >= 4 is 11.6 Å². The largest absolute Gasteiger partial charge is 0.326 e. The Kier molecular flexibility index (Phi) is 5.40. The Morgan fingerprint density at radius 2 is 1.89 bits per heavy atom. The van der Waals surface area contributed by atoms with Crippen LogP contribution in [-0.2, 0) is 11.3 Å². The number of hydrogen-bond acceptors (Lipinski definition) is 2. The molecule has 1 saturated carbocycles. The van der Waals surface area contributed by atoms with Crippen LogP contribution in [0, 0.1) is 5.92 Å². The fraction of sp³-hybridized carbons (Fsp3) is 0.562. The summed E-state index contributed by atoms with van der Waals surface area (Å²) in [5.74, 6) is 0.928. The molecule has 3 heteroatoms. The van der Waals surface area contributed by atoms with Gasteiger partial charge in [0.1, 0.15) is 0 Å². The lowest BCUT2D eigenvalue weighted by Gasteiger charge is -2.10. The third-order valence-corrected chi connectivity index (χ3v) is 3.81. The number of rotatable bonds is 6. The third kappa shape index (κ3) is 5.03. The van der Waals surface area contributed by atoms with Crippen LogP contribution < -0.4 is 10.6 Å². The molecule has 2 N–H and O–H groups in total. The summed E-state index contributed by atoms with van der Waals surface area (Å²) in [7, 11) is 0. The van der Waals surface area contributed by atoms with Gasteiger partial charge in [-0.25, -0.2) is 0 Å². The van der Waals surface area contributed by atoms with Gasteiger partial charge in [0.25, 0.3) is 0 Å². The first-order chi connectivity index (χ1) is 9.24. The molecular weight excluding hydrogens is 236 g/mol. The van der Waals surface area contributed by atoms with Crippen LogP contribution in [0.2, 0.25) is 0 Å². The van der Waals surface area contributed by atoms with Crippen LogP contribution in [0.1, 0.15) is 44.6 Å². The zero-order valence-electron chi connectivity index (χ0n) is 11.7. The normalized spacial score (nSPS) is 15.6. The van der Waals surface area contributed by atoms with Crippen molar-refractivity contribution in [2.75, 3.05) is 11.9 Å². The van der Waals surface area contributed by atoms with Crippen molar-refractivity contribution in [1.29, 1.82) is 0 Å². The van der Waals surface area contributed by atoms with E-state index >= 15 is 0 Å². The van der Waals surface area contributed by atoms with Crippen molar-refractivity contribution in [3.63, 3.8) is 0 Å². The van der Waals surface area contributed by atoms with Crippen LogP contribution in [0.25, 0.3) is 0 Å². The summed E-state index contributed by atoms with van der Waals surface area (Å²) in [4.78, 5) is 10.9. The average molecular weight is 260 g/mol. The van der Waals surface area contributed by atoms with E-state index in [1.807, 2.05) is 12.1 Å². The molecule has 104 valence electrons. The lowest BCUT2D eigenvalue weighted by Crippen LogP contribution is -2.17. The van der Waals surface area contributed by atoms with Crippen molar-refractivity contribution < 1.29 is 4.79 Å². The third-order valence-electron chi connectivity index (χ3n) is 3.81. The minimum absolute atomic E-state index is 0.0255. The number of carbonyl (C=O) groups excluding carboxylic acids is 1. The molecule has 0 unspecified atom stereocenters. The van der Waals surface area contributed by atoms with Gasteiger partial charge in [0.2, 0.25) is 5.91 Å². The number of carbonyl (C=O) groups is 1. The van der Waals surface area contributed by atoms with E-state index in [1.165, 1.54) is 44.6 Å². The second-order valence-corrected chi connectivity index (χ2v) is 5.49. The van der Waals surface area contributed by atoms with Crippen molar-refractivity contribution in [2.45, 2.75) is 45.6 Å². The Bertz CT molecular complexity index is 394. The number of nitrogens with one attached hydrogen (secondary N) is 2. The van der Waals surface area contributed by atoms with Gasteiger partial charge in [-0.1, -0.05) is 37.8 Å². The molecule has 3 nitrogen and oxygen atoms in total. The Labute approximate surface area is 115 Å². The monoisotopic (exact) mass is 260 g/mol. The molecule has 0 atom stereocenters. The van der Waals surface area contributed by atoms with Gasteiger partial charge < -0.3 is 10.6 Å². The predicted molar refractivity (Wildman–Crippen MR) is 79.0 cm³/mol. The van der Waals surface area contributed by atoms with Crippen LogP contribution in [0.3, 0.4) is 0 Å². The van der Waals surface area contributed by atoms with E-state index < -0.39 is 0 Å². The molecule has 0 saturated heterocycles. The highest BCUT2D eigenvalue weighted by atomic mass is 16.1. The quantitative estimate of drug-likeness (QED) is 0.770. The zero-order chi connectivity index (χ0) is 13.5. The molecule has 0 bridgehead atoms. The van der Waals surface area contributed by atoms with Gasteiger partial charge in [-0.15, -0.1) is 0 Å². The molecule has 1 aliphatic rings. The van der Waals surface area contributed by atoms with Gasteiger partial charge >= 0.3 is 0 Å². The average Bonchev–Trinajstić information content (AvgIpc) is 2.89. The Morgan fingerprint density at radius 1 is 1.21 bits per heavy atom. The first kappa shape index (κ1) is 14.1. The van der Waals surface area contributed by atoms with Crippen LogP contribution in [-0.4, -0.2) is 12.5 Å². The van der Waals surface area contributed by atoms with Gasteiger partial charge in [-0.2, -0.15) is 0 Å². The SMILES string of the molecule is CC(=O)Nc1ccc(CNCCC2CCCC2)cc1. The molecule has 1 aromatic rings. The molecule has 0 heterocycles. The maximum atomic E-state index is 10.9. The number of hydrogen-bond donors (Lipinski definition) is 2. The summed E-state index contributed by atoms with van der Waals surface area (Å²) in [6, 6.07) is 8.03. The van der Waals surface area contributed by atoms with E-state index in [1.54, 1.807) is 0 Å². The Morgan fingerprint density at radius 3 is 2.53 bits per heavy atom. The molecule has 0 spiro atoms. The van der Waals surface area contributed by atoms with E-state index in [4.69, 9.17) is 0 Å². The first-order valence-electron chi connectivity index (χ1n) is 7.31. The molecule has 1 fully saturated rings. The van der Waals surface area contributed by atoms with E-state index in [0.29, 0.717) is 0 Å². The van der Waals surface area contributed by atoms with Crippen LogP contribution in [0.5, 0.6) is 0 Å². The van der Waals surface area contributed by atoms with Gasteiger partial charge in [-0.05, 0) is 36.6 Å². The second-order valence-electron chi connectivity index (χ2n) is 5.49. The van der Waals surface area contributed by atoms with Gasteiger partial charge in [-0.3, -0.25) is 4.79 Å². The van der Waals surface area contributed by atoms with Crippen molar-refractivity contribution in [3.05, 3.63) is 29.8 Å². The van der Waals surface area contributed by atoms with E-state index in [2.05, 4.69) is 22.8 Å². The van der Waals surface area contributed by atoms with Crippen molar-refractivity contribution in [1.82, 2.24) is 5.32 Å². The highest BCUT2D eigenvalue weighted by Crippen LogP contribution is 2.26. The molecule has 1 aromatic carbocycles. The number of amides is 1. The Balaban J connectivity index is 1.66. The van der Waals surface area contributed by atoms with Crippen LogP contribution >= 0.6 is 0 Å². The highest BCUT2D eigenvalue weighted by molar-refractivity contribution is 5.88. The molecular formula is C16H24N2O. The lowest BCUT2D eigenvalue weighted by molar-refractivity contribution is -0.114. The lowest BCUT2D eigenvalue weighted by atomic mass is 10.0. The molecule has 0 aromatic heterocycles. The standard InChI is InChI=1S/C16H24N2O/c1-13(19)18-16-8-6-15(7-9-16)12-17-11-10-14-4-2-3-5-14/h6-9,14,17H,2-5,10-12H2,1H3,(H,18,19). The number of benzene rings is 1. The maximum Gasteiger partial charge on any atom is 0.221 e. The summed E-state index contributed by atoms with van der Waals surface area (Å²) in [5.41, 5.74) is 2.13. The smallest absolute Gasteiger partial charge is 0.221 e. The summed E-state index contributed by atoms with van der Waals surface area (Å²) in [5, 5.41) is 6.28. The van der Waals surface area contributed by atoms with Gasteiger partial charge in [0.05, 0.1) is 0 Å². The molecule has 1 amide bonds. The van der Waals surface area contributed by atoms with Crippen LogP contribution in [0.4, 0.5) is 5.69 Å². The Hall–Kier alpha value is -1.35. The fourth-order valence-electron chi connectivity index (χ4n) is 2.75. The van der Waals surface area contributed by atoms with E-state index in [-0.39, 0.29) is 5.91 Å². The second kappa shape index (κ2) is 7.29. The molecule has 2 rings (SSSR count). The highest BCUT2D eigenvalue weighted by Gasteiger charge is 2.13. The summed E-state index contributed by atoms with van der Waals surface area (Å²) in [6.07, 6.45) is 7.01. The first-order valence-corrected chi connectivity index (χ1v) is 7.31. The molecule has 19 heavy (non-hydrogen) atoms. The minimum Gasteiger partial charge on any atom is -0.326 e. The fourth-order valence-corrected chi connectivity index (χ4v) is 2.75. The van der Waals surface area contributed by atoms with E-state index in [9.17, 15) is 4.79 Å². The summed E-state index contributed by atoms with van der Waals surface area (Å²) in [6.45, 7) is 3.55. The van der Waals surface area contributed by atoms with Crippen molar-refractivity contribution in [3.8, 4) is 0 Å². The zero-order valence-corrected chi connectivity index (χ0v) is 11.7. The predicted octanol–water partition coefficient (Wildman–Crippen LogP) is 3.31. The van der Waals surface area contributed by atoms with E-state index in [0.717, 1.165) is 24.7 Å². The maximum absolute atomic E-state index is 10.9. The summed E-state index contributed by atoms with van der Waals surface area (Å²) < 4.78 is 0. The van der Waals surface area contributed by atoms with Crippen LogP contribution in [0.15, 0.2) is 24.3 Å². The summed E-state index contributed by atoms with van der Waals surface area (Å²) >= 11 is 0. The topological polar surface area (TPSA) is 41.1 Å². The molecule has 0 aliphatic heterocycles. The molecule has 1 aliphatic carbocycles. The van der Waals surface area contributed by atoms with Crippen molar-refractivity contribution in [2.24, 2.45) is 5.92 Å². The number of anilines is 1. The minimum atomic E-state index is -0.0255. The van der Waals surface area contributed by atoms with Gasteiger partial charge in [0.15, 0.2) is 0 Å². The van der Waals surface area contributed by atoms with Gasteiger partial charge in [0, 0.05) is 19.2 Å².